The summed E-state index contributed by atoms with van der Waals surface area (Å²) in [6.07, 6.45) is 0. The molecule has 0 atom stereocenters. The van der Waals surface area contributed by atoms with Gasteiger partial charge in [-0.05, 0) is 39.0 Å². The van der Waals surface area contributed by atoms with Gasteiger partial charge >= 0.3 is 0 Å². The summed E-state index contributed by atoms with van der Waals surface area (Å²) in [6, 6.07) is 8.36. The topological polar surface area (TPSA) is 49.8 Å². The maximum atomic E-state index is 13.1. The first kappa shape index (κ1) is 13.3. The molecule has 4 nitrogen and oxygen atoms in total. The summed E-state index contributed by atoms with van der Waals surface area (Å²) < 4.78 is 13.1. The van der Waals surface area contributed by atoms with Crippen molar-refractivity contribution < 1.29 is 4.39 Å². The van der Waals surface area contributed by atoms with Gasteiger partial charge in [-0.1, -0.05) is 6.07 Å². The summed E-state index contributed by atoms with van der Waals surface area (Å²) in [4.78, 5) is 8.58. The van der Waals surface area contributed by atoms with Gasteiger partial charge in [-0.3, -0.25) is 0 Å². The van der Waals surface area contributed by atoms with Crippen LogP contribution in [0.25, 0.3) is 0 Å². The Morgan fingerprint density at radius 3 is 2.53 bits per heavy atom. The molecule has 0 bridgehead atoms. The minimum atomic E-state index is -0.281. The summed E-state index contributed by atoms with van der Waals surface area (Å²) in [5, 5.41) is 6.29. The summed E-state index contributed by atoms with van der Waals surface area (Å²) in [5.41, 5.74) is 0.661. The number of hydrogen-bond acceptors (Lipinski definition) is 4. The molecule has 0 spiro atoms. The Bertz CT molecular complexity index is 569. The number of benzene rings is 1. The lowest BCUT2D eigenvalue weighted by Crippen LogP contribution is -2.12. The molecule has 0 unspecified atom stereocenters. The lowest BCUT2D eigenvalue weighted by Gasteiger charge is -2.12. The predicted molar refractivity (Wildman–Crippen MR) is 75.2 cm³/mol. The van der Waals surface area contributed by atoms with Crippen molar-refractivity contribution in [1.29, 1.82) is 0 Å². The molecule has 1 heterocycles. The van der Waals surface area contributed by atoms with Crippen LogP contribution in [-0.4, -0.2) is 16.0 Å². The Morgan fingerprint density at radius 2 is 1.84 bits per heavy atom. The zero-order chi connectivity index (χ0) is 13.8. The minimum absolute atomic E-state index is 0.281. The number of nitrogens with one attached hydrogen (secondary N) is 2. The summed E-state index contributed by atoms with van der Waals surface area (Å²) >= 11 is 0. The van der Waals surface area contributed by atoms with Crippen LogP contribution in [0.3, 0.4) is 0 Å². The maximum Gasteiger partial charge on any atom is 0.136 e. The Kier molecular flexibility index (Phi) is 3.94. The van der Waals surface area contributed by atoms with Crippen LogP contribution in [0.5, 0.6) is 0 Å². The van der Waals surface area contributed by atoms with Gasteiger partial charge in [0.25, 0.3) is 0 Å². The molecule has 0 radical (unpaired) electrons. The van der Waals surface area contributed by atoms with Crippen molar-refractivity contribution >= 4 is 17.3 Å². The van der Waals surface area contributed by atoms with E-state index < -0.39 is 0 Å². The third-order valence-corrected chi connectivity index (χ3v) is 2.37. The van der Waals surface area contributed by atoms with Crippen LogP contribution in [0.1, 0.15) is 19.7 Å². The second-order valence-corrected chi connectivity index (χ2v) is 4.62. The van der Waals surface area contributed by atoms with Crippen molar-refractivity contribution in [3.05, 3.63) is 42.0 Å². The maximum absolute atomic E-state index is 13.1. The molecule has 100 valence electrons. The largest absolute Gasteiger partial charge is 0.368 e. The summed E-state index contributed by atoms with van der Waals surface area (Å²) in [7, 11) is 0. The molecule has 19 heavy (non-hydrogen) atoms. The van der Waals surface area contributed by atoms with E-state index in [1.165, 1.54) is 12.1 Å². The number of aromatic nitrogens is 2. The predicted octanol–water partition coefficient (Wildman–Crippen LogP) is 3.49. The second-order valence-electron chi connectivity index (χ2n) is 4.62. The van der Waals surface area contributed by atoms with Crippen molar-refractivity contribution in [3.8, 4) is 0 Å². The Morgan fingerprint density at radius 1 is 1.11 bits per heavy atom. The third kappa shape index (κ3) is 3.91. The monoisotopic (exact) mass is 260 g/mol. The van der Waals surface area contributed by atoms with Crippen LogP contribution in [0.4, 0.5) is 21.7 Å². The molecule has 5 heteroatoms. The zero-order valence-electron chi connectivity index (χ0n) is 11.2. The molecule has 2 N–H and O–H groups in total. The fourth-order valence-electron chi connectivity index (χ4n) is 1.72. The van der Waals surface area contributed by atoms with Gasteiger partial charge < -0.3 is 10.6 Å². The first-order chi connectivity index (χ1) is 9.02. The van der Waals surface area contributed by atoms with E-state index in [-0.39, 0.29) is 11.9 Å². The summed E-state index contributed by atoms with van der Waals surface area (Å²) in [6.45, 7) is 5.90. The van der Waals surface area contributed by atoms with Gasteiger partial charge in [0.2, 0.25) is 0 Å². The molecule has 0 amide bonds. The Hall–Kier alpha value is -2.17. The van der Waals surface area contributed by atoms with Crippen LogP contribution in [0.15, 0.2) is 30.3 Å². The lowest BCUT2D eigenvalue weighted by molar-refractivity contribution is 0.628. The second kappa shape index (κ2) is 5.65. The number of rotatable bonds is 4. The fourth-order valence-corrected chi connectivity index (χ4v) is 1.72. The first-order valence-electron chi connectivity index (χ1n) is 6.18. The molecular formula is C14H17FN4. The zero-order valence-corrected chi connectivity index (χ0v) is 11.2. The SMILES string of the molecule is Cc1nc(Nc2cccc(F)c2)cc(NC(C)C)n1. The van der Waals surface area contributed by atoms with Crippen LogP contribution >= 0.6 is 0 Å². The van der Waals surface area contributed by atoms with Crippen molar-refractivity contribution in [1.82, 2.24) is 9.97 Å². The van der Waals surface area contributed by atoms with E-state index in [2.05, 4.69) is 20.6 Å². The molecule has 1 aromatic heterocycles. The van der Waals surface area contributed by atoms with E-state index in [0.717, 1.165) is 5.82 Å². The highest BCUT2D eigenvalue weighted by atomic mass is 19.1. The van der Waals surface area contributed by atoms with E-state index in [0.29, 0.717) is 17.3 Å². The highest BCUT2D eigenvalue weighted by Crippen LogP contribution is 2.18. The molecule has 0 aliphatic heterocycles. The van der Waals surface area contributed by atoms with Gasteiger partial charge in [-0.15, -0.1) is 0 Å². The standard InChI is InChI=1S/C14H17FN4/c1-9(2)16-13-8-14(18-10(3)17-13)19-12-6-4-5-11(15)7-12/h4-9H,1-3H3,(H2,16,17,18,19). The average molecular weight is 260 g/mol. The van der Waals surface area contributed by atoms with E-state index in [1.807, 2.05) is 20.8 Å². The number of hydrogen-bond donors (Lipinski definition) is 2. The molecular weight excluding hydrogens is 243 g/mol. The van der Waals surface area contributed by atoms with Crippen LogP contribution in [-0.2, 0) is 0 Å². The van der Waals surface area contributed by atoms with Gasteiger partial charge in [-0.25, -0.2) is 14.4 Å². The van der Waals surface area contributed by atoms with E-state index in [1.54, 1.807) is 18.2 Å². The van der Waals surface area contributed by atoms with Gasteiger partial charge in [0.05, 0.1) is 0 Å². The van der Waals surface area contributed by atoms with Crippen LogP contribution in [0, 0.1) is 12.7 Å². The van der Waals surface area contributed by atoms with E-state index in [4.69, 9.17) is 0 Å². The van der Waals surface area contributed by atoms with Crippen LogP contribution < -0.4 is 10.6 Å². The highest BCUT2D eigenvalue weighted by Gasteiger charge is 2.04. The normalized spacial score (nSPS) is 10.6. The number of anilines is 3. The third-order valence-electron chi connectivity index (χ3n) is 2.37. The van der Waals surface area contributed by atoms with Gasteiger partial charge in [0.1, 0.15) is 23.3 Å². The van der Waals surface area contributed by atoms with Gasteiger partial charge in [0, 0.05) is 17.8 Å². The van der Waals surface area contributed by atoms with Crippen LogP contribution in [0.2, 0.25) is 0 Å². The Balaban J connectivity index is 2.22. The van der Waals surface area contributed by atoms with E-state index in [9.17, 15) is 4.39 Å². The molecule has 0 aliphatic carbocycles. The molecule has 2 rings (SSSR count). The van der Waals surface area contributed by atoms with Crippen molar-refractivity contribution in [2.45, 2.75) is 26.8 Å². The number of aryl methyl sites for hydroxylation is 1. The number of halogens is 1. The number of nitrogens with zero attached hydrogens (tertiary/aromatic N) is 2. The lowest BCUT2D eigenvalue weighted by atomic mass is 10.3. The van der Waals surface area contributed by atoms with E-state index >= 15 is 0 Å². The van der Waals surface area contributed by atoms with Gasteiger partial charge in [-0.2, -0.15) is 0 Å². The quantitative estimate of drug-likeness (QED) is 0.883. The molecule has 0 fully saturated rings. The van der Waals surface area contributed by atoms with Crippen molar-refractivity contribution in [3.63, 3.8) is 0 Å². The smallest absolute Gasteiger partial charge is 0.136 e. The molecule has 2 aromatic rings. The highest BCUT2D eigenvalue weighted by molar-refractivity contribution is 5.59. The van der Waals surface area contributed by atoms with Crippen molar-refractivity contribution in [2.75, 3.05) is 10.6 Å². The average Bonchev–Trinajstić information content (AvgIpc) is 2.26. The summed E-state index contributed by atoms with van der Waals surface area (Å²) in [5.74, 6) is 1.77. The first-order valence-corrected chi connectivity index (χ1v) is 6.18. The fraction of sp³-hybridized carbons (Fsp3) is 0.286. The van der Waals surface area contributed by atoms with Gasteiger partial charge in [0.15, 0.2) is 0 Å². The molecule has 0 aliphatic rings. The molecule has 1 aromatic carbocycles. The Labute approximate surface area is 112 Å². The molecule has 0 saturated heterocycles. The van der Waals surface area contributed by atoms with Crippen molar-refractivity contribution in [2.24, 2.45) is 0 Å². The minimum Gasteiger partial charge on any atom is -0.368 e. The molecule has 0 saturated carbocycles.